The predicted molar refractivity (Wildman–Crippen MR) is 68.2 cm³/mol. The number of pyridine rings is 1. The third kappa shape index (κ3) is 4.11. The van der Waals surface area contributed by atoms with Crippen molar-refractivity contribution in [3.8, 4) is 0 Å². The van der Waals surface area contributed by atoms with Gasteiger partial charge in [0.05, 0.1) is 0 Å². The number of hydrogen-bond donors (Lipinski definition) is 1. The van der Waals surface area contributed by atoms with Crippen molar-refractivity contribution in [2.45, 2.75) is 45.5 Å². The summed E-state index contributed by atoms with van der Waals surface area (Å²) in [5.41, 5.74) is -2.96. The van der Waals surface area contributed by atoms with E-state index in [-0.39, 0.29) is 0 Å². The molecule has 1 rings (SSSR count). The molecule has 0 atom stereocenters. The monoisotopic (exact) mass is 290 g/mol. The molecule has 7 heteroatoms. The summed E-state index contributed by atoms with van der Waals surface area (Å²) in [5.74, 6) is -0.502. The Labute approximate surface area is 114 Å². The SMILES string of the molecule is CCC(C)(C)NC(=O)Cn1cccc(C(F)(F)F)c1=O. The number of rotatable bonds is 4. The average molecular weight is 290 g/mol. The zero-order valence-corrected chi connectivity index (χ0v) is 11.5. The van der Waals surface area contributed by atoms with Gasteiger partial charge in [0.25, 0.3) is 5.56 Å². The standard InChI is InChI=1S/C13H17F3N2O2/c1-4-12(2,3)17-10(19)8-18-7-5-6-9(11(18)20)13(14,15)16/h5-7H,4,8H2,1-3H3,(H,17,19). The van der Waals surface area contributed by atoms with E-state index in [0.717, 1.165) is 16.8 Å². The molecule has 112 valence electrons. The van der Waals surface area contributed by atoms with Crippen LogP contribution in [0.3, 0.4) is 0 Å². The molecule has 0 saturated carbocycles. The van der Waals surface area contributed by atoms with Gasteiger partial charge in [-0.1, -0.05) is 6.92 Å². The first-order valence-corrected chi connectivity index (χ1v) is 6.14. The van der Waals surface area contributed by atoms with Crippen LogP contribution in [0.5, 0.6) is 0 Å². The Morgan fingerprint density at radius 1 is 1.35 bits per heavy atom. The Morgan fingerprint density at radius 2 is 1.95 bits per heavy atom. The zero-order chi connectivity index (χ0) is 15.6. The molecular formula is C13H17F3N2O2. The highest BCUT2D eigenvalue weighted by Gasteiger charge is 2.34. The lowest BCUT2D eigenvalue weighted by Gasteiger charge is -2.24. The lowest BCUT2D eigenvalue weighted by Crippen LogP contribution is -2.45. The fourth-order valence-corrected chi connectivity index (χ4v) is 1.54. The minimum atomic E-state index is -4.72. The zero-order valence-electron chi connectivity index (χ0n) is 11.5. The lowest BCUT2D eigenvalue weighted by atomic mass is 10.0. The normalized spacial score (nSPS) is 12.3. The molecule has 0 unspecified atom stereocenters. The van der Waals surface area contributed by atoms with Gasteiger partial charge in [-0.15, -0.1) is 0 Å². The summed E-state index contributed by atoms with van der Waals surface area (Å²) in [6, 6.07) is 1.80. The fourth-order valence-electron chi connectivity index (χ4n) is 1.54. The van der Waals surface area contributed by atoms with Crippen molar-refractivity contribution in [1.29, 1.82) is 0 Å². The summed E-state index contributed by atoms with van der Waals surface area (Å²) in [5, 5.41) is 2.66. The first-order valence-electron chi connectivity index (χ1n) is 6.14. The minimum Gasteiger partial charge on any atom is -0.350 e. The van der Waals surface area contributed by atoms with Crippen LogP contribution in [0, 0.1) is 0 Å². The van der Waals surface area contributed by atoms with Gasteiger partial charge in [0, 0.05) is 11.7 Å². The van der Waals surface area contributed by atoms with E-state index in [1.165, 1.54) is 0 Å². The van der Waals surface area contributed by atoms with Crippen LogP contribution in [0.15, 0.2) is 23.1 Å². The second-order valence-corrected chi connectivity index (χ2v) is 5.14. The van der Waals surface area contributed by atoms with Gasteiger partial charge in [-0.25, -0.2) is 0 Å². The second kappa shape index (κ2) is 5.68. The van der Waals surface area contributed by atoms with E-state index in [2.05, 4.69) is 5.32 Å². The number of hydrogen-bond acceptors (Lipinski definition) is 2. The fraction of sp³-hybridized carbons (Fsp3) is 0.538. The summed E-state index contributed by atoms with van der Waals surface area (Å²) in [6.45, 7) is 5.02. The van der Waals surface area contributed by atoms with E-state index in [0.29, 0.717) is 12.5 Å². The Bertz CT molecular complexity index is 547. The molecule has 0 aromatic carbocycles. The molecule has 20 heavy (non-hydrogen) atoms. The molecule has 0 radical (unpaired) electrons. The molecule has 0 fully saturated rings. The number of carbonyl (C=O) groups is 1. The van der Waals surface area contributed by atoms with Gasteiger partial charge in [0.15, 0.2) is 0 Å². The van der Waals surface area contributed by atoms with Gasteiger partial charge in [-0.2, -0.15) is 13.2 Å². The summed E-state index contributed by atoms with van der Waals surface area (Å²) in [7, 11) is 0. The first kappa shape index (κ1) is 16.3. The summed E-state index contributed by atoms with van der Waals surface area (Å²) in [6.07, 6.45) is -2.90. The Hall–Kier alpha value is -1.79. The van der Waals surface area contributed by atoms with Crippen molar-refractivity contribution in [3.63, 3.8) is 0 Å². The molecule has 0 bridgehead atoms. The van der Waals surface area contributed by atoms with Crippen molar-refractivity contribution < 1.29 is 18.0 Å². The van der Waals surface area contributed by atoms with Crippen molar-refractivity contribution >= 4 is 5.91 Å². The maximum Gasteiger partial charge on any atom is 0.421 e. The lowest BCUT2D eigenvalue weighted by molar-refractivity contribution is -0.139. The maximum absolute atomic E-state index is 12.6. The summed E-state index contributed by atoms with van der Waals surface area (Å²) in [4.78, 5) is 23.4. The molecular weight excluding hydrogens is 273 g/mol. The number of carbonyl (C=O) groups excluding carboxylic acids is 1. The number of amides is 1. The molecule has 0 aliphatic rings. The van der Waals surface area contributed by atoms with Crippen molar-refractivity contribution in [1.82, 2.24) is 9.88 Å². The summed E-state index contributed by atoms with van der Waals surface area (Å²) >= 11 is 0. The Morgan fingerprint density at radius 3 is 2.45 bits per heavy atom. The molecule has 1 aromatic heterocycles. The van der Waals surface area contributed by atoms with Gasteiger partial charge in [0.1, 0.15) is 12.1 Å². The van der Waals surface area contributed by atoms with E-state index in [9.17, 15) is 22.8 Å². The highest BCUT2D eigenvalue weighted by Crippen LogP contribution is 2.25. The van der Waals surface area contributed by atoms with Crippen LogP contribution in [0.4, 0.5) is 13.2 Å². The molecule has 0 spiro atoms. The molecule has 0 saturated heterocycles. The van der Waals surface area contributed by atoms with Crippen LogP contribution in [0.25, 0.3) is 0 Å². The highest BCUT2D eigenvalue weighted by atomic mass is 19.4. The highest BCUT2D eigenvalue weighted by molar-refractivity contribution is 5.76. The number of halogens is 3. The Kier molecular flexibility index (Phi) is 4.62. The van der Waals surface area contributed by atoms with E-state index in [4.69, 9.17) is 0 Å². The van der Waals surface area contributed by atoms with E-state index >= 15 is 0 Å². The number of aromatic nitrogens is 1. The smallest absolute Gasteiger partial charge is 0.350 e. The molecule has 1 N–H and O–H groups in total. The first-order chi connectivity index (χ1) is 9.07. The molecule has 0 aliphatic carbocycles. The predicted octanol–water partition coefficient (Wildman–Crippen LogP) is 2.17. The minimum absolute atomic E-state index is 0.438. The largest absolute Gasteiger partial charge is 0.421 e. The van der Waals surface area contributed by atoms with Crippen LogP contribution in [-0.2, 0) is 17.5 Å². The third-order valence-electron chi connectivity index (χ3n) is 3.00. The van der Waals surface area contributed by atoms with Crippen molar-refractivity contribution in [2.75, 3.05) is 0 Å². The summed E-state index contributed by atoms with van der Waals surface area (Å²) < 4.78 is 38.5. The topological polar surface area (TPSA) is 51.1 Å². The quantitative estimate of drug-likeness (QED) is 0.924. The number of nitrogens with one attached hydrogen (secondary N) is 1. The molecule has 4 nitrogen and oxygen atoms in total. The van der Waals surface area contributed by atoms with Gasteiger partial charge in [-0.05, 0) is 32.4 Å². The van der Waals surface area contributed by atoms with E-state index < -0.39 is 35.3 Å². The van der Waals surface area contributed by atoms with Crippen LogP contribution >= 0.6 is 0 Å². The van der Waals surface area contributed by atoms with Crippen LogP contribution < -0.4 is 10.9 Å². The number of nitrogens with zero attached hydrogens (tertiary/aromatic N) is 1. The van der Waals surface area contributed by atoms with Crippen molar-refractivity contribution in [2.24, 2.45) is 0 Å². The molecule has 1 heterocycles. The van der Waals surface area contributed by atoms with E-state index in [1.807, 2.05) is 6.92 Å². The Balaban J connectivity index is 2.95. The van der Waals surface area contributed by atoms with Crippen LogP contribution in [0.1, 0.15) is 32.8 Å². The average Bonchev–Trinajstić information content (AvgIpc) is 2.29. The third-order valence-corrected chi connectivity index (χ3v) is 3.00. The van der Waals surface area contributed by atoms with Gasteiger partial charge in [-0.3, -0.25) is 9.59 Å². The maximum atomic E-state index is 12.6. The molecule has 1 amide bonds. The second-order valence-electron chi connectivity index (χ2n) is 5.14. The van der Waals surface area contributed by atoms with Gasteiger partial charge >= 0.3 is 6.18 Å². The van der Waals surface area contributed by atoms with Crippen molar-refractivity contribution in [3.05, 3.63) is 34.2 Å². The van der Waals surface area contributed by atoms with Gasteiger partial charge < -0.3 is 9.88 Å². The van der Waals surface area contributed by atoms with E-state index in [1.54, 1.807) is 13.8 Å². The van der Waals surface area contributed by atoms with Crippen LogP contribution in [0.2, 0.25) is 0 Å². The molecule has 0 aliphatic heterocycles. The van der Waals surface area contributed by atoms with Crippen LogP contribution in [-0.4, -0.2) is 16.0 Å². The number of alkyl halides is 3. The van der Waals surface area contributed by atoms with Gasteiger partial charge in [0.2, 0.25) is 5.91 Å². The molecule has 1 aromatic rings.